The normalized spacial score (nSPS) is 38.0. The van der Waals surface area contributed by atoms with E-state index >= 15 is 0 Å². The minimum Gasteiger partial charge on any atom is -0.481 e. The molecule has 0 radical (unpaired) electrons. The first-order chi connectivity index (χ1) is 10.7. The number of carboxylic acids is 1. The lowest BCUT2D eigenvalue weighted by Gasteiger charge is -2.40. The van der Waals surface area contributed by atoms with E-state index in [0.29, 0.717) is 25.7 Å². The first-order valence-corrected chi connectivity index (χ1v) is 10.2. The van der Waals surface area contributed by atoms with Crippen molar-refractivity contribution in [3.8, 4) is 0 Å². The highest BCUT2D eigenvalue weighted by Gasteiger charge is 2.60. The molecule has 1 spiro atoms. The molecule has 2 N–H and O–H groups in total. The molecule has 3 fully saturated rings. The quantitative estimate of drug-likeness (QED) is 0.805. The highest BCUT2D eigenvalue weighted by atomic mass is 32.2. The fourth-order valence-electron chi connectivity index (χ4n) is 4.46. The molecule has 1 saturated heterocycles. The molecule has 0 bridgehead atoms. The number of nitrogens with one attached hydrogen (secondary N) is 1. The summed E-state index contributed by atoms with van der Waals surface area (Å²) in [5.74, 6) is -1.27. The third kappa shape index (κ3) is 3.12. The third-order valence-corrected chi connectivity index (χ3v) is 7.90. The average molecular weight is 343 g/mol. The zero-order valence-corrected chi connectivity index (χ0v) is 14.3. The van der Waals surface area contributed by atoms with Gasteiger partial charge in [-0.3, -0.25) is 9.59 Å². The van der Waals surface area contributed by atoms with Crippen LogP contribution in [0, 0.1) is 17.3 Å². The van der Waals surface area contributed by atoms with Crippen LogP contribution in [0.1, 0.15) is 51.9 Å². The number of carbonyl (C=O) groups is 2. The molecule has 1 aliphatic heterocycles. The van der Waals surface area contributed by atoms with Gasteiger partial charge in [0.15, 0.2) is 0 Å². The molecule has 0 aromatic heterocycles. The Bertz CT molecular complexity index is 614. The second-order valence-electron chi connectivity index (χ2n) is 7.81. The molecule has 2 saturated carbocycles. The van der Waals surface area contributed by atoms with Gasteiger partial charge in [-0.15, -0.1) is 0 Å². The second kappa shape index (κ2) is 5.46. The van der Waals surface area contributed by atoms with Crippen molar-refractivity contribution in [1.29, 1.82) is 0 Å². The van der Waals surface area contributed by atoms with Crippen molar-refractivity contribution in [2.75, 3.05) is 11.5 Å². The van der Waals surface area contributed by atoms with Gasteiger partial charge in [-0.2, -0.15) is 0 Å². The minimum atomic E-state index is -2.93. The molecule has 1 heterocycles. The Hall–Kier alpha value is -1.11. The summed E-state index contributed by atoms with van der Waals surface area (Å²) in [6.07, 6.45) is 4.95. The van der Waals surface area contributed by atoms with Gasteiger partial charge >= 0.3 is 5.97 Å². The molecular weight excluding hydrogens is 318 g/mol. The van der Waals surface area contributed by atoms with Crippen LogP contribution in [0.5, 0.6) is 0 Å². The fraction of sp³-hybridized carbons (Fsp3) is 0.875. The van der Waals surface area contributed by atoms with Crippen LogP contribution in [-0.2, 0) is 19.4 Å². The third-order valence-electron chi connectivity index (χ3n) is 6.24. The Kier molecular flexibility index (Phi) is 3.98. The summed E-state index contributed by atoms with van der Waals surface area (Å²) in [6, 6.07) is 0. The largest absolute Gasteiger partial charge is 0.481 e. The van der Waals surface area contributed by atoms with Crippen molar-refractivity contribution in [2.45, 2.75) is 57.4 Å². The summed E-state index contributed by atoms with van der Waals surface area (Å²) in [5.41, 5.74) is -0.842. The zero-order chi connectivity index (χ0) is 16.9. The number of amides is 1. The van der Waals surface area contributed by atoms with Gasteiger partial charge in [0.05, 0.1) is 23.0 Å². The fourth-order valence-corrected chi connectivity index (χ4v) is 6.10. The van der Waals surface area contributed by atoms with Gasteiger partial charge in [-0.1, -0.05) is 12.8 Å². The maximum Gasteiger partial charge on any atom is 0.308 e. The standard InChI is InChI=1S/C16H25NO5S/c1-15(5-3-2-4-11(15)14(19)20)17-13(18)12-10-16(12)6-8-23(21,22)9-7-16/h11-12H,2-10H2,1H3,(H,17,18)(H,19,20). The van der Waals surface area contributed by atoms with E-state index in [0.717, 1.165) is 19.3 Å². The number of hydrogen-bond donors (Lipinski definition) is 2. The van der Waals surface area contributed by atoms with Crippen LogP contribution in [-0.4, -0.2) is 42.4 Å². The van der Waals surface area contributed by atoms with Gasteiger partial charge in [0, 0.05) is 5.92 Å². The van der Waals surface area contributed by atoms with E-state index in [1.54, 1.807) is 0 Å². The van der Waals surface area contributed by atoms with Crippen molar-refractivity contribution in [3.05, 3.63) is 0 Å². The van der Waals surface area contributed by atoms with Crippen LogP contribution in [0.3, 0.4) is 0 Å². The van der Waals surface area contributed by atoms with Crippen molar-refractivity contribution >= 4 is 21.7 Å². The SMILES string of the molecule is CC1(NC(=O)C2CC23CCS(=O)(=O)CC3)CCCCC1C(=O)O. The Morgan fingerprint density at radius 1 is 1.09 bits per heavy atom. The summed E-state index contributed by atoms with van der Waals surface area (Å²) >= 11 is 0. The van der Waals surface area contributed by atoms with Gasteiger partial charge in [-0.05, 0) is 44.4 Å². The lowest BCUT2D eigenvalue weighted by Crippen LogP contribution is -2.56. The number of aliphatic carboxylic acids is 1. The Balaban J connectivity index is 1.65. The van der Waals surface area contributed by atoms with Crippen LogP contribution >= 0.6 is 0 Å². The number of sulfone groups is 1. The Labute approximate surface area is 136 Å². The molecule has 0 aromatic carbocycles. The summed E-state index contributed by atoms with van der Waals surface area (Å²) in [4.78, 5) is 24.1. The van der Waals surface area contributed by atoms with Gasteiger partial charge in [0.25, 0.3) is 0 Å². The number of rotatable bonds is 3. The molecule has 3 aliphatic rings. The van der Waals surface area contributed by atoms with Gasteiger partial charge in [-0.25, -0.2) is 8.42 Å². The van der Waals surface area contributed by atoms with Crippen molar-refractivity contribution < 1.29 is 23.1 Å². The molecule has 2 aliphatic carbocycles. The summed E-state index contributed by atoms with van der Waals surface area (Å²) in [6.45, 7) is 1.84. The van der Waals surface area contributed by atoms with Gasteiger partial charge in [0.2, 0.25) is 5.91 Å². The lowest BCUT2D eigenvalue weighted by atomic mass is 9.73. The summed E-state index contributed by atoms with van der Waals surface area (Å²) in [5, 5.41) is 12.4. The molecule has 130 valence electrons. The number of hydrogen-bond acceptors (Lipinski definition) is 4. The molecule has 7 heteroatoms. The molecule has 3 rings (SSSR count). The topological polar surface area (TPSA) is 101 Å². The van der Waals surface area contributed by atoms with Gasteiger partial charge in [0.1, 0.15) is 9.84 Å². The van der Waals surface area contributed by atoms with Crippen LogP contribution in [0.25, 0.3) is 0 Å². The van der Waals surface area contributed by atoms with Crippen LogP contribution in [0.15, 0.2) is 0 Å². The first-order valence-electron chi connectivity index (χ1n) is 8.43. The second-order valence-corrected chi connectivity index (χ2v) is 10.1. The van der Waals surface area contributed by atoms with Crippen molar-refractivity contribution in [1.82, 2.24) is 5.32 Å². The van der Waals surface area contributed by atoms with Crippen LogP contribution in [0.4, 0.5) is 0 Å². The first kappa shape index (κ1) is 16.7. The van der Waals surface area contributed by atoms with Crippen molar-refractivity contribution in [2.24, 2.45) is 17.3 Å². The monoisotopic (exact) mass is 343 g/mol. The number of carboxylic acid groups (broad SMARTS) is 1. The van der Waals surface area contributed by atoms with E-state index in [2.05, 4.69) is 5.32 Å². The molecule has 23 heavy (non-hydrogen) atoms. The molecule has 3 unspecified atom stereocenters. The highest BCUT2D eigenvalue weighted by molar-refractivity contribution is 7.91. The van der Waals surface area contributed by atoms with Gasteiger partial charge < -0.3 is 10.4 Å². The lowest BCUT2D eigenvalue weighted by molar-refractivity contribution is -0.146. The predicted molar refractivity (Wildman–Crippen MR) is 84.6 cm³/mol. The van der Waals surface area contributed by atoms with E-state index in [-0.39, 0.29) is 28.7 Å². The van der Waals surface area contributed by atoms with E-state index < -0.39 is 27.3 Å². The smallest absolute Gasteiger partial charge is 0.308 e. The van der Waals surface area contributed by atoms with E-state index in [1.807, 2.05) is 6.92 Å². The molecular formula is C16H25NO5S. The molecule has 0 aromatic rings. The molecule has 1 amide bonds. The van der Waals surface area contributed by atoms with E-state index in [1.165, 1.54) is 0 Å². The Morgan fingerprint density at radius 2 is 1.74 bits per heavy atom. The summed E-state index contributed by atoms with van der Waals surface area (Å²) in [7, 11) is -2.93. The highest BCUT2D eigenvalue weighted by Crippen LogP contribution is 2.60. The van der Waals surface area contributed by atoms with E-state index in [9.17, 15) is 23.1 Å². The maximum atomic E-state index is 12.6. The maximum absolute atomic E-state index is 12.6. The zero-order valence-electron chi connectivity index (χ0n) is 13.5. The van der Waals surface area contributed by atoms with Crippen molar-refractivity contribution in [3.63, 3.8) is 0 Å². The van der Waals surface area contributed by atoms with Crippen LogP contribution in [0.2, 0.25) is 0 Å². The average Bonchev–Trinajstić information content (AvgIpc) is 3.17. The van der Waals surface area contributed by atoms with E-state index in [4.69, 9.17) is 0 Å². The Morgan fingerprint density at radius 3 is 2.35 bits per heavy atom. The summed E-state index contributed by atoms with van der Waals surface area (Å²) < 4.78 is 23.1. The molecule has 6 nitrogen and oxygen atoms in total. The van der Waals surface area contributed by atoms with Crippen LogP contribution < -0.4 is 5.32 Å². The minimum absolute atomic E-state index is 0.0834. The predicted octanol–water partition coefficient (Wildman–Crippen LogP) is 1.35. The number of carbonyl (C=O) groups excluding carboxylic acids is 1. The molecule has 3 atom stereocenters.